The Balaban J connectivity index is 1.91. The van der Waals surface area contributed by atoms with E-state index in [1.54, 1.807) is 18.2 Å². The lowest BCUT2D eigenvalue weighted by atomic mass is 10.2. The van der Waals surface area contributed by atoms with Gasteiger partial charge in [0.1, 0.15) is 12.4 Å². The highest BCUT2D eigenvalue weighted by molar-refractivity contribution is 14.1. The van der Waals surface area contributed by atoms with E-state index in [2.05, 4.69) is 43.2 Å². The topological polar surface area (TPSA) is 72.9 Å². The average Bonchev–Trinajstić information content (AvgIpc) is 3.09. The Hall–Kier alpha value is -1.94. The number of hydrogen-bond donors (Lipinski definition) is 1. The van der Waals surface area contributed by atoms with Crippen molar-refractivity contribution in [3.05, 3.63) is 50.3 Å². The zero-order chi connectivity index (χ0) is 17.1. The van der Waals surface area contributed by atoms with Crippen LogP contribution in [0.4, 0.5) is 4.39 Å². The molecule has 24 heavy (non-hydrogen) atoms. The van der Waals surface area contributed by atoms with Gasteiger partial charge in [0.05, 0.1) is 15.7 Å². The van der Waals surface area contributed by atoms with Crippen LogP contribution < -0.4 is 9.47 Å². The van der Waals surface area contributed by atoms with Gasteiger partial charge in [-0.1, -0.05) is 17.7 Å². The molecular formula is C15H11ClFIN4O2. The molecule has 0 radical (unpaired) electrons. The summed E-state index contributed by atoms with van der Waals surface area (Å²) in [7, 11) is 1.52. The van der Waals surface area contributed by atoms with Gasteiger partial charge >= 0.3 is 0 Å². The maximum atomic E-state index is 13.9. The molecule has 0 aliphatic rings. The number of ether oxygens (including phenoxy) is 2. The van der Waals surface area contributed by atoms with Crippen molar-refractivity contribution >= 4 is 34.2 Å². The van der Waals surface area contributed by atoms with E-state index in [4.69, 9.17) is 21.1 Å². The molecule has 1 N–H and O–H groups in total. The van der Waals surface area contributed by atoms with E-state index in [1.807, 2.05) is 6.07 Å². The number of aromatic nitrogens is 4. The summed E-state index contributed by atoms with van der Waals surface area (Å²) in [6, 6.07) is 8.06. The number of nitrogens with one attached hydrogen (secondary N) is 1. The van der Waals surface area contributed by atoms with Crippen molar-refractivity contribution in [3.8, 4) is 22.9 Å². The van der Waals surface area contributed by atoms with Crippen LogP contribution in [0, 0.1) is 9.39 Å². The van der Waals surface area contributed by atoms with Gasteiger partial charge in [0, 0.05) is 11.1 Å². The lowest BCUT2D eigenvalue weighted by Crippen LogP contribution is -2.03. The van der Waals surface area contributed by atoms with Gasteiger partial charge in [-0.25, -0.2) is 4.39 Å². The monoisotopic (exact) mass is 460 g/mol. The summed E-state index contributed by atoms with van der Waals surface area (Å²) in [5.41, 5.74) is 1.01. The van der Waals surface area contributed by atoms with Gasteiger partial charge in [0.25, 0.3) is 0 Å². The molecule has 124 valence electrons. The molecule has 2 aromatic carbocycles. The molecule has 0 spiro atoms. The molecule has 0 saturated carbocycles. The molecule has 0 saturated heterocycles. The van der Waals surface area contributed by atoms with Crippen molar-refractivity contribution in [2.45, 2.75) is 6.61 Å². The molecule has 0 bridgehead atoms. The first-order valence-electron chi connectivity index (χ1n) is 6.77. The first-order chi connectivity index (χ1) is 11.6. The van der Waals surface area contributed by atoms with Crippen molar-refractivity contribution in [2.75, 3.05) is 7.11 Å². The van der Waals surface area contributed by atoms with Crippen LogP contribution >= 0.6 is 34.2 Å². The SMILES string of the molecule is COc1cc(-c2nn[nH]n2)cc(I)c1OCc1c(F)cccc1Cl. The third-order valence-corrected chi connectivity index (χ3v) is 4.41. The predicted octanol–water partition coefficient (Wildman–Crippen LogP) is 3.85. The molecule has 1 heterocycles. The number of tetrazole rings is 1. The molecule has 3 rings (SSSR count). The highest BCUT2D eigenvalue weighted by Gasteiger charge is 2.16. The first kappa shape index (κ1) is 16.9. The third kappa shape index (κ3) is 3.44. The Morgan fingerprint density at radius 1 is 1.33 bits per heavy atom. The summed E-state index contributed by atoms with van der Waals surface area (Å²) in [5.74, 6) is 0.994. The van der Waals surface area contributed by atoms with E-state index < -0.39 is 5.82 Å². The molecule has 9 heteroatoms. The lowest BCUT2D eigenvalue weighted by Gasteiger charge is -2.14. The molecule has 0 amide bonds. The molecule has 1 aromatic heterocycles. The first-order valence-corrected chi connectivity index (χ1v) is 8.23. The number of hydrogen-bond acceptors (Lipinski definition) is 5. The third-order valence-electron chi connectivity index (χ3n) is 3.26. The molecule has 6 nitrogen and oxygen atoms in total. The Bertz CT molecular complexity index is 841. The van der Waals surface area contributed by atoms with Crippen LogP contribution in [-0.4, -0.2) is 27.7 Å². The number of methoxy groups -OCH3 is 1. The Labute approximate surface area is 155 Å². The minimum atomic E-state index is -0.417. The fourth-order valence-corrected chi connectivity index (χ4v) is 3.06. The van der Waals surface area contributed by atoms with E-state index in [9.17, 15) is 4.39 Å². The minimum Gasteiger partial charge on any atom is -0.493 e. The largest absolute Gasteiger partial charge is 0.493 e. The molecular weight excluding hydrogens is 450 g/mol. The Morgan fingerprint density at radius 2 is 2.17 bits per heavy atom. The van der Waals surface area contributed by atoms with Gasteiger partial charge in [-0.15, -0.1) is 10.2 Å². The normalized spacial score (nSPS) is 10.7. The number of halogens is 3. The van der Waals surface area contributed by atoms with Crippen LogP contribution in [0.15, 0.2) is 30.3 Å². The van der Waals surface area contributed by atoms with Crippen LogP contribution in [0.1, 0.15) is 5.56 Å². The molecule has 0 aliphatic carbocycles. The van der Waals surface area contributed by atoms with Crippen molar-refractivity contribution < 1.29 is 13.9 Å². The van der Waals surface area contributed by atoms with Crippen LogP contribution in [0.3, 0.4) is 0 Å². The van der Waals surface area contributed by atoms with Crippen molar-refractivity contribution in [2.24, 2.45) is 0 Å². The summed E-state index contributed by atoms with van der Waals surface area (Å²) in [6.07, 6.45) is 0. The second-order valence-electron chi connectivity index (χ2n) is 4.71. The summed E-state index contributed by atoms with van der Waals surface area (Å²) in [4.78, 5) is 0. The van der Waals surface area contributed by atoms with Crippen LogP contribution in [0.25, 0.3) is 11.4 Å². The van der Waals surface area contributed by atoms with Crippen LogP contribution in [0.2, 0.25) is 5.02 Å². The fraction of sp³-hybridized carbons (Fsp3) is 0.133. The van der Waals surface area contributed by atoms with E-state index in [0.717, 1.165) is 9.13 Å². The smallest absolute Gasteiger partial charge is 0.204 e. The number of H-pyrrole nitrogens is 1. The van der Waals surface area contributed by atoms with Crippen molar-refractivity contribution in [1.29, 1.82) is 0 Å². The molecule has 0 fully saturated rings. The summed E-state index contributed by atoms with van der Waals surface area (Å²) in [6.45, 7) is -0.0145. The minimum absolute atomic E-state index is 0.0145. The van der Waals surface area contributed by atoms with E-state index in [1.165, 1.54) is 13.2 Å². The highest BCUT2D eigenvalue weighted by Crippen LogP contribution is 2.37. The summed E-state index contributed by atoms with van der Waals surface area (Å²) in [5, 5.41) is 14.1. The van der Waals surface area contributed by atoms with E-state index in [-0.39, 0.29) is 6.61 Å². The van der Waals surface area contributed by atoms with Gasteiger partial charge in [-0.2, -0.15) is 5.21 Å². The number of benzene rings is 2. The second kappa shape index (κ2) is 7.31. The highest BCUT2D eigenvalue weighted by atomic mass is 127. The van der Waals surface area contributed by atoms with Gasteiger partial charge in [-0.3, -0.25) is 0 Å². The quantitative estimate of drug-likeness (QED) is 0.586. The maximum absolute atomic E-state index is 13.9. The van der Waals surface area contributed by atoms with Gasteiger partial charge in [0.15, 0.2) is 11.5 Å². The molecule has 3 aromatic rings. The fourth-order valence-electron chi connectivity index (χ4n) is 2.09. The molecule has 0 atom stereocenters. The van der Waals surface area contributed by atoms with Crippen LogP contribution in [-0.2, 0) is 6.61 Å². The second-order valence-corrected chi connectivity index (χ2v) is 6.28. The zero-order valence-electron chi connectivity index (χ0n) is 12.4. The molecule has 0 aliphatic heterocycles. The molecule has 0 unspecified atom stereocenters. The summed E-state index contributed by atoms with van der Waals surface area (Å²) < 4.78 is 25.8. The summed E-state index contributed by atoms with van der Waals surface area (Å²) >= 11 is 8.12. The Kier molecular flexibility index (Phi) is 5.14. The predicted molar refractivity (Wildman–Crippen MR) is 94.6 cm³/mol. The average molecular weight is 461 g/mol. The van der Waals surface area contributed by atoms with Crippen molar-refractivity contribution in [1.82, 2.24) is 20.6 Å². The number of rotatable bonds is 5. The van der Waals surface area contributed by atoms with E-state index >= 15 is 0 Å². The van der Waals surface area contributed by atoms with Gasteiger partial charge in [-0.05, 0) is 52.1 Å². The van der Waals surface area contributed by atoms with Crippen molar-refractivity contribution in [3.63, 3.8) is 0 Å². The zero-order valence-corrected chi connectivity index (χ0v) is 15.3. The van der Waals surface area contributed by atoms with Gasteiger partial charge < -0.3 is 9.47 Å². The van der Waals surface area contributed by atoms with Gasteiger partial charge in [0.2, 0.25) is 5.82 Å². The standard InChI is InChI=1S/C15H11ClFIN4O2/c1-23-13-6-8(15-19-21-22-20-15)5-12(18)14(13)24-7-9-10(16)3-2-4-11(9)17/h2-6H,7H2,1H3,(H,19,20,21,22). The maximum Gasteiger partial charge on any atom is 0.204 e. The number of aromatic amines is 1. The van der Waals surface area contributed by atoms with E-state index in [0.29, 0.717) is 27.9 Å². The van der Waals surface area contributed by atoms with Crippen LogP contribution in [0.5, 0.6) is 11.5 Å². The Morgan fingerprint density at radius 3 is 2.83 bits per heavy atom. The lowest BCUT2D eigenvalue weighted by molar-refractivity contribution is 0.278. The number of nitrogens with zero attached hydrogens (tertiary/aromatic N) is 3.